The summed E-state index contributed by atoms with van der Waals surface area (Å²) in [4.78, 5) is 4.13. The Hall–Kier alpha value is -1.72. The van der Waals surface area contributed by atoms with E-state index in [-0.39, 0.29) is 6.10 Å². The van der Waals surface area contributed by atoms with Gasteiger partial charge in [0.15, 0.2) is 0 Å². The van der Waals surface area contributed by atoms with Crippen molar-refractivity contribution in [2.75, 3.05) is 6.54 Å². The number of aromatic amines is 1. The summed E-state index contributed by atoms with van der Waals surface area (Å²) < 4.78 is 0. The van der Waals surface area contributed by atoms with Crippen LogP contribution in [0.5, 0.6) is 0 Å². The van der Waals surface area contributed by atoms with Gasteiger partial charge in [0.05, 0.1) is 18.0 Å². The number of nitrogens with one attached hydrogen (secondary N) is 2. The van der Waals surface area contributed by atoms with Crippen LogP contribution in [0.25, 0.3) is 11.3 Å². The van der Waals surface area contributed by atoms with Gasteiger partial charge in [-0.3, -0.25) is 10.1 Å². The van der Waals surface area contributed by atoms with Gasteiger partial charge >= 0.3 is 0 Å². The molecule has 5 nitrogen and oxygen atoms in total. The van der Waals surface area contributed by atoms with E-state index in [1.54, 1.807) is 6.20 Å². The number of rotatable bonds is 6. The normalized spacial score (nSPS) is 17.2. The van der Waals surface area contributed by atoms with Crippen LogP contribution in [0.3, 0.4) is 0 Å². The number of aliphatic hydroxyl groups excluding tert-OH is 1. The number of H-pyrrole nitrogens is 1. The Morgan fingerprint density at radius 1 is 1.33 bits per heavy atom. The highest BCUT2D eigenvalue weighted by atomic mass is 16.3. The molecule has 1 unspecified atom stereocenters. The summed E-state index contributed by atoms with van der Waals surface area (Å²) in [5.74, 6) is 0.472. The Morgan fingerprint density at radius 3 is 2.95 bits per heavy atom. The van der Waals surface area contributed by atoms with Gasteiger partial charge in [-0.25, -0.2) is 0 Å². The monoisotopic (exact) mass is 286 g/mol. The molecule has 1 fully saturated rings. The lowest BCUT2D eigenvalue weighted by atomic mass is 10.0. The van der Waals surface area contributed by atoms with Gasteiger partial charge < -0.3 is 10.4 Å². The van der Waals surface area contributed by atoms with Crippen molar-refractivity contribution in [1.82, 2.24) is 20.5 Å². The second-order valence-corrected chi connectivity index (χ2v) is 5.75. The number of hydrogen-bond donors (Lipinski definition) is 3. The van der Waals surface area contributed by atoms with E-state index in [1.165, 1.54) is 12.8 Å². The highest BCUT2D eigenvalue weighted by molar-refractivity contribution is 5.61. The Labute approximate surface area is 124 Å². The number of aromatic nitrogens is 3. The first-order chi connectivity index (χ1) is 10.3. The van der Waals surface area contributed by atoms with Crippen molar-refractivity contribution in [3.8, 4) is 11.3 Å². The van der Waals surface area contributed by atoms with Crippen LogP contribution in [-0.2, 0) is 6.54 Å². The molecule has 0 aromatic carbocycles. The van der Waals surface area contributed by atoms with Gasteiger partial charge in [-0.05, 0) is 30.9 Å². The number of nitrogens with zero attached hydrogens (tertiary/aromatic N) is 2. The molecule has 1 aliphatic carbocycles. The van der Waals surface area contributed by atoms with Crippen LogP contribution in [0.15, 0.2) is 30.7 Å². The van der Waals surface area contributed by atoms with Crippen molar-refractivity contribution in [2.24, 2.45) is 5.92 Å². The average Bonchev–Trinajstić information content (AvgIpc) is 3.20. The first-order valence-electron chi connectivity index (χ1n) is 7.66. The molecule has 1 aliphatic rings. The van der Waals surface area contributed by atoms with Crippen LogP contribution >= 0.6 is 0 Å². The fourth-order valence-electron chi connectivity index (χ4n) is 3.07. The van der Waals surface area contributed by atoms with Gasteiger partial charge in [0, 0.05) is 36.6 Å². The predicted molar refractivity (Wildman–Crippen MR) is 81.5 cm³/mol. The molecule has 1 saturated carbocycles. The molecule has 3 rings (SSSR count). The standard InChI is InChI=1S/C16H22N4O/c21-15(12-4-1-2-5-12)11-18-9-14-10-19-20-16(14)13-6-3-7-17-8-13/h3,6-8,10,12,15,18,21H,1-2,4-5,9,11H2,(H,19,20). The van der Waals surface area contributed by atoms with Gasteiger partial charge in [0.2, 0.25) is 0 Å². The minimum Gasteiger partial charge on any atom is -0.392 e. The Kier molecular flexibility index (Phi) is 4.62. The minimum atomic E-state index is -0.235. The van der Waals surface area contributed by atoms with E-state index in [0.29, 0.717) is 19.0 Å². The molecule has 3 N–H and O–H groups in total. The van der Waals surface area contributed by atoms with Crippen molar-refractivity contribution < 1.29 is 5.11 Å². The maximum absolute atomic E-state index is 10.2. The molecule has 1 atom stereocenters. The molecule has 0 aliphatic heterocycles. The number of hydrogen-bond acceptors (Lipinski definition) is 4. The van der Waals surface area contributed by atoms with Gasteiger partial charge in [-0.1, -0.05) is 12.8 Å². The van der Waals surface area contributed by atoms with Crippen molar-refractivity contribution in [3.63, 3.8) is 0 Å². The van der Waals surface area contributed by atoms with Gasteiger partial charge in [0.25, 0.3) is 0 Å². The summed E-state index contributed by atoms with van der Waals surface area (Å²) in [6, 6.07) is 3.93. The van der Waals surface area contributed by atoms with Crippen LogP contribution in [0.4, 0.5) is 0 Å². The highest BCUT2D eigenvalue weighted by Crippen LogP contribution is 2.27. The van der Waals surface area contributed by atoms with E-state index in [1.807, 2.05) is 24.5 Å². The van der Waals surface area contributed by atoms with Crippen LogP contribution in [0.1, 0.15) is 31.2 Å². The second kappa shape index (κ2) is 6.83. The van der Waals surface area contributed by atoms with Gasteiger partial charge in [0.1, 0.15) is 0 Å². The molecule has 0 saturated heterocycles. The van der Waals surface area contributed by atoms with Crippen molar-refractivity contribution in [1.29, 1.82) is 0 Å². The molecule has 0 radical (unpaired) electrons. The summed E-state index contributed by atoms with van der Waals surface area (Å²) in [7, 11) is 0. The molecule has 2 aromatic heterocycles. The lowest BCUT2D eigenvalue weighted by Crippen LogP contribution is -2.31. The molecule has 112 valence electrons. The lowest BCUT2D eigenvalue weighted by molar-refractivity contribution is 0.109. The van der Waals surface area contributed by atoms with Crippen LogP contribution < -0.4 is 5.32 Å². The molecular formula is C16H22N4O. The zero-order chi connectivity index (χ0) is 14.5. The summed E-state index contributed by atoms with van der Waals surface area (Å²) in [6.07, 6.45) is 10.0. The fourth-order valence-corrected chi connectivity index (χ4v) is 3.07. The summed E-state index contributed by atoms with van der Waals surface area (Å²) in [6.45, 7) is 1.34. The maximum Gasteiger partial charge on any atom is 0.0710 e. The summed E-state index contributed by atoms with van der Waals surface area (Å²) >= 11 is 0. The smallest absolute Gasteiger partial charge is 0.0710 e. The molecule has 2 aromatic rings. The summed E-state index contributed by atoms with van der Waals surface area (Å²) in [5.41, 5.74) is 3.12. The predicted octanol–water partition coefficient (Wildman–Crippen LogP) is 2.11. The maximum atomic E-state index is 10.2. The van der Waals surface area contributed by atoms with Crippen molar-refractivity contribution in [3.05, 3.63) is 36.3 Å². The molecule has 5 heteroatoms. The van der Waals surface area contributed by atoms with E-state index in [4.69, 9.17) is 0 Å². The zero-order valence-corrected chi connectivity index (χ0v) is 12.1. The van der Waals surface area contributed by atoms with E-state index in [9.17, 15) is 5.11 Å². The Balaban J connectivity index is 1.55. The Bertz CT molecular complexity index is 548. The van der Waals surface area contributed by atoms with E-state index < -0.39 is 0 Å². The van der Waals surface area contributed by atoms with Crippen LogP contribution in [0, 0.1) is 5.92 Å². The quantitative estimate of drug-likeness (QED) is 0.760. The molecule has 0 bridgehead atoms. The summed E-state index contributed by atoms with van der Waals surface area (Å²) in [5, 5.41) is 20.7. The SMILES string of the molecule is OC(CNCc1cn[nH]c1-c1cccnc1)C1CCCC1. The largest absolute Gasteiger partial charge is 0.392 e. The minimum absolute atomic E-state index is 0.235. The van der Waals surface area contributed by atoms with E-state index in [2.05, 4.69) is 20.5 Å². The zero-order valence-electron chi connectivity index (χ0n) is 12.1. The Morgan fingerprint density at radius 2 is 2.19 bits per heavy atom. The van der Waals surface area contributed by atoms with E-state index in [0.717, 1.165) is 29.7 Å². The van der Waals surface area contributed by atoms with Crippen LogP contribution in [-0.4, -0.2) is 32.9 Å². The third kappa shape index (κ3) is 3.49. The van der Waals surface area contributed by atoms with Crippen molar-refractivity contribution >= 4 is 0 Å². The third-order valence-electron chi connectivity index (χ3n) is 4.28. The van der Waals surface area contributed by atoms with Crippen molar-refractivity contribution in [2.45, 2.75) is 38.3 Å². The third-order valence-corrected chi connectivity index (χ3v) is 4.28. The fraction of sp³-hybridized carbons (Fsp3) is 0.500. The molecule has 0 amide bonds. The molecule has 0 spiro atoms. The van der Waals surface area contributed by atoms with Crippen LogP contribution in [0.2, 0.25) is 0 Å². The topological polar surface area (TPSA) is 73.8 Å². The first kappa shape index (κ1) is 14.2. The molecule has 21 heavy (non-hydrogen) atoms. The van der Waals surface area contributed by atoms with E-state index >= 15 is 0 Å². The first-order valence-corrected chi connectivity index (χ1v) is 7.66. The molecule has 2 heterocycles. The molecular weight excluding hydrogens is 264 g/mol. The number of pyridine rings is 1. The lowest BCUT2D eigenvalue weighted by Gasteiger charge is -2.18. The average molecular weight is 286 g/mol. The van der Waals surface area contributed by atoms with Gasteiger partial charge in [-0.15, -0.1) is 0 Å². The highest BCUT2D eigenvalue weighted by Gasteiger charge is 2.22. The number of aliphatic hydroxyl groups is 1. The van der Waals surface area contributed by atoms with Gasteiger partial charge in [-0.2, -0.15) is 5.10 Å². The second-order valence-electron chi connectivity index (χ2n) is 5.75.